The molecule has 1 rings (SSSR count). The SMILES string of the molecule is CC(C)N(CCOCCO)S(=O)(=O)c1cnc(Cl)s1. The molecule has 0 radical (unpaired) electrons. The van der Waals surface area contributed by atoms with E-state index in [0.717, 1.165) is 11.3 Å². The topological polar surface area (TPSA) is 79.7 Å². The Kier molecular flexibility index (Phi) is 6.64. The molecule has 0 aromatic carbocycles. The highest BCUT2D eigenvalue weighted by atomic mass is 35.5. The summed E-state index contributed by atoms with van der Waals surface area (Å²) < 4.78 is 31.5. The molecule has 6 nitrogen and oxygen atoms in total. The van der Waals surface area contributed by atoms with E-state index in [2.05, 4.69) is 4.98 Å². The molecule has 0 atom stereocenters. The molecule has 0 unspecified atom stereocenters. The lowest BCUT2D eigenvalue weighted by Gasteiger charge is -2.24. The second kappa shape index (κ2) is 7.51. The summed E-state index contributed by atoms with van der Waals surface area (Å²) in [6.45, 7) is 4.12. The minimum Gasteiger partial charge on any atom is -0.394 e. The first-order valence-electron chi connectivity index (χ1n) is 5.71. The van der Waals surface area contributed by atoms with E-state index in [1.807, 2.05) is 0 Å². The Bertz CT molecular complexity index is 489. The van der Waals surface area contributed by atoms with Crippen LogP contribution in [-0.2, 0) is 14.8 Å². The first-order chi connectivity index (χ1) is 8.89. The lowest BCUT2D eigenvalue weighted by atomic mass is 10.4. The molecule has 0 bridgehead atoms. The largest absolute Gasteiger partial charge is 0.394 e. The van der Waals surface area contributed by atoms with Crippen molar-refractivity contribution >= 4 is 33.0 Å². The number of rotatable bonds is 8. The third-order valence-corrected chi connectivity index (χ3v) is 5.91. The van der Waals surface area contributed by atoms with Crippen molar-refractivity contribution in [3.63, 3.8) is 0 Å². The van der Waals surface area contributed by atoms with E-state index >= 15 is 0 Å². The number of hydrogen-bond donors (Lipinski definition) is 1. The first kappa shape index (κ1) is 16.8. The van der Waals surface area contributed by atoms with Crippen LogP contribution >= 0.6 is 22.9 Å². The molecule has 0 saturated carbocycles. The van der Waals surface area contributed by atoms with Gasteiger partial charge < -0.3 is 9.84 Å². The number of aromatic nitrogens is 1. The van der Waals surface area contributed by atoms with E-state index in [4.69, 9.17) is 21.4 Å². The maximum atomic E-state index is 12.4. The summed E-state index contributed by atoms with van der Waals surface area (Å²) in [7, 11) is -3.60. The van der Waals surface area contributed by atoms with Crippen molar-refractivity contribution < 1.29 is 18.3 Å². The molecular formula is C10H17ClN2O4S2. The highest BCUT2D eigenvalue weighted by molar-refractivity contribution is 7.91. The number of ether oxygens (including phenoxy) is 1. The monoisotopic (exact) mass is 328 g/mol. The summed E-state index contributed by atoms with van der Waals surface area (Å²) in [4.78, 5) is 3.75. The van der Waals surface area contributed by atoms with Gasteiger partial charge in [0.2, 0.25) is 0 Å². The molecule has 9 heteroatoms. The van der Waals surface area contributed by atoms with E-state index < -0.39 is 10.0 Å². The van der Waals surface area contributed by atoms with Crippen molar-refractivity contribution in [3.8, 4) is 0 Å². The zero-order chi connectivity index (χ0) is 14.5. The van der Waals surface area contributed by atoms with Gasteiger partial charge in [-0.15, -0.1) is 0 Å². The summed E-state index contributed by atoms with van der Waals surface area (Å²) in [5, 5.41) is 8.60. The number of hydrogen-bond acceptors (Lipinski definition) is 6. The Morgan fingerprint density at radius 1 is 1.53 bits per heavy atom. The lowest BCUT2D eigenvalue weighted by molar-refractivity contribution is 0.0827. The van der Waals surface area contributed by atoms with Gasteiger partial charge in [0.05, 0.1) is 26.0 Å². The van der Waals surface area contributed by atoms with Gasteiger partial charge in [0.15, 0.2) is 8.68 Å². The Morgan fingerprint density at radius 2 is 2.21 bits per heavy atom. The van der Waals surface area contributed by atoms with Crippen molar-refractivity contribution in [3.05, 3.63) is 10.7 Å². The van der Waals surface area contributed by atoms with Crippen LogP contribution in [0.15, 0.2) is 10.4 Å². The van der Waals surface area contributed by atoms with Gasteiger partial charge in [-0.3, -0.25) is 0 Å². The number of sulfonamides is 1. The first-order valence-corrected chi connectivity index (χ1v) is 8.34. The standard InChI is InChI=1S/C10H17ClN2O4S2/c1-8(2)13(3-5-17-6-4-14)19(15,16)9-7-12-10(11)18-9/h7-8,14H,3-6H2,1-2H3. The fourth-order valence-electron chi connectivity index (χ4n) is 1.45. The minimum absolute atomic E-state index is 0.0844. The zero-order valence-electron chi connectivity index (χ0n) is 10.7. The van der Waals surface area contributed by atoms with Crippen LogP contribution in [0.4, 0.5) is 0 Å². The molecule has 1 heterocycles. The number of nitrogens with zero attached hydrogens (tertiary/aromatic N) is 2. The second-order valence-corrected chi connectivity index (χ2v) is 7.71. The zero-order valence-corrected chi connectivity index (χ0v) is 13.1. The predicted octanol–water partition coefficient (Wildman–Crippen LogP) is 1.20. The van der Waals surface area contributed by atoms with Gasteiger partial charge in [0.1, 0.15) is 0 Å². The van der Waals surface area contributed by atoms with Gasteiger partial charge >= 0.3 is 0 Å². The Hall–Kier alpha value is -0.250. The summed E-state index contributed by atoms with van der Waals surface area (Å²) >= 11 is 6.60. The Balaban J connectivity index is 2.80. The van der Waals surface area contributed by atoms with Crippen LogP contribution in [0.2, 0.25) is 4.47 Å². The van der Waals surface area contributed by atoms with Crippen molar-refractivity contribution in [2.24, 2.45) is 0 Å². The van der Waals surface area contributed by atoms with E-state index in [0.29, 0.717) is 0 Å². The Morgan fingerprint density at radius 3 is 2.68 bits per heavy atom. The van der Waals surface area contributed by atoms with Gasteiger partial charge in [-0.2, -0.15) is 4.31 Å². The third kappa shape index (κ3) is 4.66. The second-order valence-electron chi connectivity index (χ2n) is 3.98. The molecule has 0 fully saturated rings. The lowest BCUT2D eigenvalue weighted by Crippen LogP contribution is -2.39. The van der Waals surface area contributed by atoms with Crippen LogP contribution in [0.5, 0.6) is 0 Å². The van der Waals surface area contributed by atoms with Crippen LogP contribution in [-0.4, -0.2) is 55.2 Å². The van der Waals surface area contributed by atoms with Crippen LogP contribution in [0.1, 0.15) is 13.8 Å². The van der Waals surface area contributed by atoms with Crippen LogP contribution in [0, 0.1) is 0 Å². The predicted molar refractivity (Wildman–Crippen MR) is 74.1 cm³/mol. The number of halogens is 1. The van der Waals surface area contributed by atoms with Crippen molar-refractivity contribution in [1.82, 2.24) is 9.29 Å². The fourth-order valence-corrected chi connectivity index (χ4v) is 4.50. The van der Waals surface area contributed by atoms with Crippen LogP contribution in [0.25, 0.3) is 0 Å². The van der Waals surface area contributed by atoms with Gasteiger partial charge in [-0.05, 0) is 13.8 Å². The van der Waals surface area contributed by atoms with E-state index in [1.165, 1.54) is 10.5 Å². The average molecular weight is 329 g/mol. The highest BCUT2D eigenvalue weighted by Gasteiger charge is 2.28. The smallest absolute Gasteiger partial charge is 0.254 e. The Labute approximate surface area is 122 Å². The fraction of sp³-hybridized carbons (Fsp3) is 0.700. The molecule has 0 spiro atoms. The molecule has 19 heavy (non-hydrogen) atoms. The number of aliphatic hydroxyl groups excluding tert-OH is 1. The molecule has 0 aliphatic heterocycles. The number of aliphatic hydroxyl groups is 1. The number of thiazole rings is 1. The third-order valence-electron chi connectivity index (χ3n) is 2.29. The van der Waals surface area contributed by atoms with E-state index in [-0.39, 0.29) is 41.1 Å². The van der Waals surface area contributed by atoms with Crippen LogP contribution < -0.4 is 0 Å². The van der Waals surface area contributed by atoms with Crippen molar-refractivity contribution in [2.45, 2.75) is 24.1 Å². The summed E-state index contributed by atoms with van der Waals surface area (Å²) in [5.41, 5.74) is 0. The maximum Gasteiger partial charge on any atom is 0.254 e. The normalized spacial score (nSPS) is 12.5. The molecular weight excluding hydrogens is 312 g/mol. The molecule has 0 aliphatic rings. The summed E-state index contributed by atoms with van der Waals surface area (Å²) in [6.07, 6.45) is 1.26. The molecule has 0 amide bonds. The molecule has 0 aliphatic carbocycles. The summed E-state index contributed by atoms with van der Waals surface area (Å²) in [5.74, 6) is 0. The molecule has 1 N–H and O–H groups in total. The van der Waals surface area contributed by atoms with Crippen molar-refractivity contribution in [2.75, 3.05) is 26.4 Å². The van der Waals surface area contributed by atoms with E-state index in [9.17, 15) is 8.42 Å². The quantitative estimate of drug-likeness (QED) is 0.725. The minimum atomic E-state index is -3.60. The van der Waals surface area contributed by atoms with Gasteiger partial charge in [0, 0.05) is 12.6 Å². The molecule has 1 aromatic heterocycles. The highest BCUT2D eigenvalue weighted by Crippen LogP contribution is 2.26. The van der Waals surface area contributed by atoms with Crippen LogP contribution in [0.3, 0.4) is 0 Å². The molecule has 1 aromatic rings. The van der Waals surface area contributed by atoms with Gasteiger partial charge in [0.25, 0.3) is 10.0 Å². The van der Waals surface area contributed by atoms with Gasteiger partial charge in [-0.25, -0.2) is 13.4 Å². The van der Waals surface area contributed by atoms with Crippen molar-refractivity contribution in [1.29, 1.82) is 0 Å². The maximum absolute atomic E-state index is 12.4. The van der Waals surface area contributed by atoms with E-state index in [1.54, 1.807) is 13.8 Å². The average Bonchev–Trinajstić information content (AvgIpc) is 2.75. The molecule has 0 saturated heterocycles. The van der Waals surface area contributed by atoms with Gasteiger partial charge in [-0.1, -0.05) is 22.9 Å². The summed E-state index contributed by atoms with van der Waals surface area (Å²) in [6, 6.07) is -0.205. The molecule has 110 valence electrons.